The molecular weight excluding hydrogens is 506 g/mol. The van der Waals surface area contributed by atoms with E-state index in [1.165, 1.54) is 25.5 Å². The van der Waals surface area contributed by atoms with Crippen LogP contribution in [-0.4, -0.2) is 30.8 Å². The van der Waals surface area contributed by atoms with E-state index in [0.29, 0.717) is 39.5 Å². The number of amides is 1. The maximum atomic E-state index is 12.4. The van der Waals surface area contributed by atoms with Crippen LogP contribution >= 0.6 is 15.9 Å². The van der Waals surface area contributed by atoms with Crippen molar-refractivity contribution in [2.75, 3.05) is 13.7 Å². The molecule has 0 aliphatic rings. The van der Waals surface area contributed by atoms with Crippen molar-refractivity contribution >= 4 is 33.7 Å². The standard InChI is InChI=1S/C24H22BrN3O6/c1-3-33-22-13-17(14-26-27-24(29)19-6-4-5-7-21(19)32-2)12-20(25)23(22)34-15-16-8-10-18(11-9-16)28(30)31/h4-14H,3,15H2,1-2H3,(H,27,29)/b26-14-. The van der Waals surface area contributed by atoms with Crippen molar-refractivity contribution in [1.82, 2.24) is 5.43 Å². The molecule has 1 amide bonds. The summed E-state index contributed by atoms with van der Waals surface area (Å²) < 4.78 is 17.5. The number of nitro groups is 1. The monoisotopic (exact) mass is 527 g/mol. The van der Waals surface area contributed by atoms with Crippen LogP contribution in [0.5, 0.6) is 17.2 Å². The highest BCUT2D eigenvalue weighted by atomic mass is 79.9. The molecule has 0 saturated heterocycles. The Hall–Kier alpha value is -3.92. The fraction of sp³-hybridized carbons (Fsp3) is 0.167. The van der Waals surface area contributed by atoms with Gasteiger partial charge >= 0.3 is 0 Å². The van der Waals surface area contributed by atoms with Gasteiger partial charge in [-0.3, -0.25) is 14.9 Å². The van der Waals surface area contributed by atoms with Gasteiger partial charge in [0, 0.05) is 12.1 Å². The third kappa shape index (κ3) is 6.32. The maximum Gasteiger partial charge on any atom is 0.275 e. The van der Waals surface area contributed by atoms with Gasteiger partial charge in [0.05, 0.1) is 34.9 Å². The Morgan fingerprint density at radius 1 is 1.12 bits per heavy atom. The van der Waals surface area contributed by atoms with E-state index >= 15 is 0 Å². The van der Waals surface area contributed by atoms with Crippen molar-refractivity contribution in [2.24, 2.45) is 5.10 Å². The Labute approximate surface area is 204 Å². The van der Waals surface area contributed by atoms with Crippen molar-refractivity contribution < 1.29 is 23.9 Å². The van der Waals surface area contributed by atoms with Crippen molar-refractivity contribution in [3.05, 3.63) is 91.9 Å². The molecule has 0 bridgehead atoms. The lowest BCUT2D eigenvalue weighted by Gasteiger charge is -2.14. The van der Waals surface area contributed by atoms with Crippen LogP contribution in [0.1, 0.15) is 28.4 Å². The van der Waals surface area contributed by atoms with E-state index in [0.717, 1.165) is 5.56 Å². The summed E-state index contributed by atoms with van der Waals surface area (Å²) in [6.45, 7) is 2.45. The smallest absolute Gasteiger partial charge is 0.275 e. The lowest BCUT2D eigenvalue weighted by molar-refractivity contribution is -0.384. The van der Waals surface area contributed by atoms with E-state index in [9.17, 15) is 14.9 Å². The van der Waals surface area contributed by atoms with E-state index < -0.39 is 10.8 Å². The summed E-state index contributed by atoms with van der Waals surface area (Å²) in [5.74, 6) is 1.01. The van der Waals surface area contributed by atoms with E-state index in [4.69, 9.17) is 14.2 Å². The summed E-state index contributed by atoms with van der Waals surface area (Å²) in [6, 6.07) is 16.5. The molecule has 10 heteroatoms. The molecule has 0 saturated carbocycles. The molecule has 3 aromatic rings. The van der Waals surface area contributed by atoms with Crippen LogP contribution < -0.4 is 19.6 Å². The number of para-hydroxylation sites is 1. The summed E-state index contributed by atoms with van der Waals surface area (Å²) in [4.78, 5) is 22.7. The molecule has 0 aromatic heterocycles. The number of halogens is 1. The molecule has 0 atom stereocenters. The number of benzene rings is 3. The molecule has 176 valence electrons. The van der Waals surface area contributed by atoms with Crippen LogP contribution in [0.2, 0.25) is 0 Å². The second-order valence-electron chi connectivity index (χ2n) is 6.87. The number of nitro benzene ring substituents is 1. The Balaban J connectivity index is 1.72. The predicted octanol–water partition coefficient (Wildman–Crippen LogP) is 5.11. The van der Waals surface area contributed by atoms with Crippen molar-refractivity contribution in [2.45, 2.75) is 13.5 Å². The van der Waals surface area contributed by atoms with Crippen molar-refractivity contribution in [3.63, 3.8) is 0 Å². The molecule has 0 aliphatic carbocycles. The molecule has 0 heterocycles. The summed E-state index contributed by atoms with van der Waals surface area (Å²) in [5, 5.41) is 14.8. The molecule has 0 aliphatic heterocycles. The highest BCUT2D eigenvalue weighted by Crippen LogP contribution is 2.37. The quantitative estimate of drug-likeness (QED) is 0.223. The van der Waals surface area contributed by atoms with E-state index in [1.807, 2.05) is 6.92 Å². The first-order valence-electron chi connectivity index (χ1n) is 10.2. The summed E-state index contributed by atoms with van der Waals surface area (Å²) in [7, 11) is 1.49. The zero-order valence-corrected chi connectivity index (χ0v) is 20.1. The number of nitrogens with one attached hydrogen (secondary N) is 1. The minimum atomic E-state index is -0.451. The second kappa shape index (κ2) is 11.8. The first-order valence-corrected chi connectivity index (χ1v) is 11.0. The second-order valence-corrected chi connectivity index (χ2v) is 7.73. The van der Waals surface area contributed by atoms with E-state index in [1.54, 1.807) is 48.5 Å². The Morgan fingerprint density at radius 2 is 1.85 bits per heavy atom. The van der Waals surface area contributed by atoms with Crippen molar-refractivity contribution in [3.8, 4) is 17.2 Å². The number of ether oxygens (including phenoxy) is 3. The van der Waals surface area contributed by atoms with Gasteiger partial charge in [-0.25, -0.2) is 5.43 Å². The summed E-state index contributed by atoms with van der Waals surface area (Å²) in [5.41, 5.74) is 4.30. The van der Waals surface area contributed by atoms with Gasteiger partial charge < -0.3 is 14.2 Å². The predicted molar refractivity (Wildman–Crippen MR) is 131 cm³/mol. The van der Waals surface area contributed by atoms with E-state index in [2.05, 4.69) is 26.5 Å². The Morgan fingerprint density at radius 3 is 2.53 bits per heavy atom. The third-order valence-electron chi connectivity index (χ3n) is 4.59. The molecule has 0 radical (unpaired) electrons. The molecule has 0 unspecified atom stereocenters. The zero-order chi connectivity index (χ0) is 24.5. The molecule has 3 aromatic carbocycles. The van der Waals surface area contributed by atoms with Gasteiger partial charge in [0.2, 0.25) is 0 Å². The number of hydrazone groups is 1. The molecule has 0 fully saturated rings. The van der Waals surface area contributed by atoms with Crippen LogP contribution in [0.15, 0.2) is 70.2 Å². The number of carbonyl (C=O) groups is 1. The Kier molecular flexibility index (Phi) is 8.58. The van der Waals surface area contributed by atoms with Crippen LogP contribution in [-0.2, 0) is 6.61 Å². The Bertz CT molecular complexity index is 1200. The SMILES string of the molecule is CCOc1cc(/C=N\NC(=O)c2ccccc2OC)cc(Br)c1OCc1ccc([N+](=O)[O-])cc1. The fourth-order valence-corrected chi connectivity index (χ4v) is 3.57. The van der Waals surface area contributed by atoms with Gasteiger partial charge in [0.1, 0.15) is 12.4 Å². The maximum absolute atomic E-state index is 12.4. The fourth-order valence-electron chi connectivity index (χ4n) is 2.99. The molecule has 3 rings (SSSR count). The summed E-state index contributed by atoms with van der Waals surface area (Å²) >= 11 is 3.49. The van der Waals surface area contributed by atoms with Gasteiger partial charge in [0.15, 0.2) is 11.5 Å². The number of hydrogen-bond donors (Lipinski definition) is 1. The van der Waals surface area contributed by atoms with Gasteiger partial charge in [-0.2, -0.15) is 5.10 Å². The normalized spacial score (nSPS) is 10.7. The van der Waals surface area contributed by atoms with Gasteiger partial charge in [-0.05, 0) is 70.4 Å². The number of rotatable bonds is 10. The molecule has 9 nitrogen and oxygen atoms in total. The highest BCUT2D eigenvalue weighted by molar-refractivity contribution is 9.10. The number of non-ortho nitro benzene ring substituents is 1. The van der Waals surface area contributed by atoms with Crippen LogP contribution in [0.25, 0.3) is 0 Å². The first kappa shape index (κ1) is 24.7. The minimum absolute atomic E-state index is 0.0152. The topological polar surface area (TPSA) is 112 Å². The van der Waals surface area contributed by atoms with Gasteiger partial charge in [-0.1, -0.05) is 12.1 Å². The number of hydrogen-bond acceptors (Lipinski definition) is 7. The van der Waals surface area contributed by atoms with Crippen LogP contribution in [0.4, 0.5) is 5.69 Å². The van der Waals surface area contributed by atoms with Crippen LogP contribution in [0.3, 0.4) is 0 Å². The third-order valence-corrected chi connectivity index (χ3v) is 5.18. The zero-order valence-electron chi connectivity index (χ0n) is 18.5. The minimum Gasteiger partial charge on any atom is -0.496 e. The highest BCUT2D eigenvalue weighted by Gasteiger charge is 2.14. The first-order chi connectivity index (χ1) is 16.4. The average Bonchev–Trinajstić information content (AvgIpc) is 2.84. The largest absolute Gasteiger partial charge is 0.496 e. The number of methoxy groups -OCH3 is 1. The number of nitrogens with zero attached hydrogens (tertiary/aromatic N) is 2. The molecule has 34 heavy (non-hydrogen) atoms. The molecule has 1 N–H and O–H groups in total. The van der Waals surface area contributed by atoms with E-state index in [-0.39, 0.29) is 12.3 Å². The summed E-state index contributed by atoms with van der Waals surface area (Å²) in [6.07, 6.45) is 1.49. The number of carbonyl (C=O) groups excluding carboxylic acids is 1. The van der Waals surface area contributed by atoms with Gasteiger partial charge in [0.25, 0.3) is 11.6 Å². The lowest BCUT2D eigenvalue weighted by Crippen LogP contribution is -2.18. The van der Waals surface area contributed by atoms with Crippen LogP contribution in [0, 0.1) is 10.1 Å². The lowest BCUT2D eigenvalue weighted by atomic mass is 10.2. The molecular formula is C24H22BrN3O6. The van der Waals surface area contributed by atoms with Crippen molar-refractivity contribution in [1.29, 1.82) is 0 Å². The molecule has 0 spiro atoms. The average molecular weight is 528 g/mol. The van der Waals surface area contributed by atoms with Gasteiger partial charge in [-0.15, -0.1) is 0 Å².